The van der Waals surface area contributed by atoms with Crippen molar-refractivity contribution >= 4 is 7.98 Å². The predicted molar refractivity (Wildman–Crippen MR) is 53.2 cm³/mol. The fourth-order valence-electron chi connectivity index (χ4n) is 0.868. The Labute approximate surface area is 77.5 Å². The Balaban J connectivity index is 3.46. The summed E-state index contributed by atoms with van der Waals surface area (Å²) in [5.41, 5.74) is -0.149. The van der Waals surface area contributed by atoms with E-state index in [-0.39, 0.29) is 5.60 Å². The van der Waals surface area contributed by atoms with E-state index in [1.165, 1.54) is 0 Å². The molecule has 2 radical (unpaired) electrons. The van der Waals surface area contributed by atoms with Crippen LogP contribution in [0, 0.1) is 5.92 Å². The van der Waals surface area contributed by atoms with Crippen LogP contribution in [0.3, 0.4) is 0 Å². The molecular formula is C9H20BNO. The van der Waals surface area contributed by atoms with Gasteiger partial charge in [-0.2, -0.15) is 0 Å². The van der Waals surface area contributed by atoms with Gasteiger partial charge in [0.05, 0.1) is 5.60 Å². The van der Waals surface area contributed by atoms with Crippen LogP contribution in [0.4, 0.5) is 0 Å². The zero-order chi connectivity index (χ0) is 9.61. The van der Waals surface area contributed by atoms with E-state index in [1.54, 1.807) is 0 Å². The molecule has 0 aromatic heterocycles. The molecule has 12 heavy (non-hydrogen) atoms. The van der Waals surface area contributed by atoms with Crippen LogP contribution in [0.2, 0.25) is 0 Å². The predicted octanol–water partition coefficient (Wildman–Crippen LogP) is 1.50. The first-order valence-corrected chi connectivity index (χ1v) is 4.55. The summed E-state index contributed by atoms with van der Waals surface area (Å²) in [5.74, 6) is 0.701. The molecule has 0 fully saturated rings. The monoisotopic (exact) mass is 169 g/mol. The molecule has 0 rings (SSSR count). The van der Waals surface area contributed by atoms with Crippen molar-refractivity contribution in [2.75, 3.05) is 13.2 Å². The average Bonchev–Trinajstić information content (AvgIpc) is 1.85. The third-order valence-electron chi connectivity index (χ3n) is 1.72. The molecule has 0 heterocycles. The summed E-state index contributed by atoms with van der Waals surface area (Å²) in [4.78, 5) is 0. The molecule has 0 bridgehead atoms. The molecule has 1 N–H and O–H groups in total. The van der Waals surface area contributed by atoms with Gasteiger partial charge in [0.2, 0.25) is 0 Å². The van der Waals surface area contributed by atoms with Crippen molar-refractivity contribution < 1.29 is 4.74 Å². The van der Waals surface area contributed by atoms with E-state index in [1.807, 2.05) is 13.8 Å². The van der Waals surface area contributed by atoms with Gasteiger partial charge in [0.1, 0.15) is 0 Å². The summed E-state index contributed by atoms with van der Waals surface area (Å²) in [5, 5.41) is 2.62. The smallest absolute Gasteiger partial charge is 0.177 e. The second-order valence-electron chi connectivity index (χ2n) is 4.17. The van der Waals surface area contributed by atoms with Crippen LogP contribution in [0.25, 0.3) is 0 Å². The standard InChI is InChI=1S/C9H20BNO/c1-8(2)5-6-12-9(3,4)7-11-10/h8,11H,5-7H2,1-4H3. The highest BCUT2D eigenvalue weighted by Gasteiger charge is 2.16. The molecule has 0 aromatic rings. The first-order valence-electron chi connectivity index (χ1n) is 4.55. The lowest BCUT2D eigenvalue weighted by Gasteiger charge is -2.25. The Morgan fingerprint density at radius 2 is 2.00 bits per heavy atom. The van der Waals surface area contributed by atoms with Crippen molar-refractivity contribution in [3.63, 3.8) is 0 Å². The van der Waals surface area contributed by atoms with Crippen LogP contribution in [0.15, 0.2) is 0 Å². The van der Waals surface area contributed by atoms with Gasteiger partial charge in [-0.05, 0) is 26.2 Å². The molecule has 0 aromatic carbocycles. The highest BCUT2D eigenvalue weighted by molar-refractivity contribution is 6.04. The lowest BCUT2D eigenvalue weighted by molar-refractivity contribution is -0.0174. The van der Waals surface area contributed by atoms with E-state index in [9.17, 15) is 0 Å². The topological polar surface area (TPSA) is 21.3 Å². The summed E-state index contributed by atoms with van der Waals surface area (Å²) >= 11 is 0. The van der Waals surface area contributed by atoms with Crippen LogP contribution in [-0.2, 0) is 4.74 Å². The molecule has 70 valence electrons. The SMILES string of the molecule is [B]NCC(C)(C)OCCC(C)C. The Bertz CT molecular complexity index is 115. The Kier molecular flexibility index (Phi) is 5.59. The van der Waals surface area contributed by atoms with E-state index in [0.29, 0.717) is 12.5 Å². The lowest BCUT2D eigenvalue weighted by Crippen LogP contribution is -2.37. The van der Waals surface area contributed by atoms with Gasteiger partial charge in [-0.1, -0.05) is 13.8 Å². The third kappa shape index (κ3) is 6.68. The molecule has 0 amide bonds. The quantitative estimate of drug-likeness (QED) is 0.608. The van der Waals surface area contributed by atoms with Gasteiger partial charge < -0.3 is 9.96 Å². The Morgan fingerprint density at radius 1 is 1.42 bits per heavy atom. The molecule has 0 aliphatic rings. The van der Waals surface area contributed by atoms with Gasteiger partial charge in [0.15, 0.2) is 7.98 Å². The Hall–Kier alpha value is -0.0151. The number of hydrogen-bond donors (Lipinski definition) is 1. The lowest BCUT2D eigenvalue weighted by atomic mass is 10.1. The molecule has 3 heteroatoms. The van der Waals surface area contributed by atoms with Crippen LogP contribution in [0.5, 0.6) is 0 Å². The molecule has 0 saturated carbocycles. The van der Waals surface area contributed by atoms with E-state index in [2.05, 4.69) is 19.1 Å². The summed E-state index contributed by atoms with van der Waals surface area (Å²) in [6, 6.07) is 0. The van der Waals surface area contributed by atoms with Gasteiger partial charge in [-0.15, -0.1) is 0 Å². The van der Waals surface area contributed by atoms with Crippen molar-refractivity contribution in [1.29, 1.82) is 0 Å². The summed E-state index contributed by atoms with van der Waals surface area (Å²) in [6.45, 7) is 9.95. The summed E-state index contributed by atoms with van der Waals surface area (Å²) < 4.78 is 5.64. The molecule has 0 atom stereocenters. The minimum Gasteiger partial charge on any atom is -0.374 e. The number of hydrogen-bond acceptors (Lipinski definition) is 2. The minimum atomic E-state index is -0.149. The summed E-state index contributed by atoms with van der Waals surface area (Å²) in [7, 11) is 5.22. The molecule has 0 aliphatic carbocycles. The summed E-state index contributed by atoms with van der Waals surface area (Å²) in [6.07, 6.45) is 1.11. The first kappa shape index (κ1) is 12.0. The number of ether oxygens (including phenoxy) is 1. The van der Waals surface area contributed by atoms with Crippen molar-refractivity contribution in [1.82, 2.24) is 5.23 Å². The van der Waals surface area contributed by atoms with Crippen molar-refractivity contribution in [3.8, 4) is 0 Å². The van der Waals surface area contributed by atoms with Gasteiger partial charge >= 0.3 is 0 Å². The van der Waals surface area contributed by atoms with Gasteiger partial charge in [-0.3, -0.25) is 0 Å². The minimum absolute atomic E-state index is 0.149. The molecule has 0 spiro atoms. The second-order valence-corrected chi connectivity index (χ2v) is 4.17. The van der Waals surface area contributed by atoms with Crippen molar-refractivity contribution in [2.45, 2.75) is 39.7 Å². The van der Waals surface area contributed by atoms with Gasteiger partial charge in [0, 0.05) is 13.2 Å². The molecular weight excluding hydrogens is 149 g/mol. The van der Waals surface area contributed by atoms with Crippen molar-refractivity contribution in [3.05, 3.63) is 0 Å². The molecule has 0 aliphatic heterocycles. The van der Waals surface area contributed by atoms with Crippen LogP contribution < -0.4 is 5.23 Å². The highest BCUT2D eigenvalue weighted by Crippen LogP contribution is 2.09. The fraction of sp³-hybridized carbons (Fsp3) is 1.00. The number of nitrogens with one attached hydrogen (secondary N) is 1. The van der Waals surface area contributed by atoms with Crippen molar-refractivity contribution in [2.24, 2.45) is 5.92 Å². The number of rotatable bonds is 6. The maximum absolute atomic E-state index is 5.64. The Morgan fingerprint density at radius 3 is 2.42 bits per heavy atom. The van der Waals surface area contributed by atoms with Crippen LogP contribution in [0.1, 0.15) is 34.1 Å². The normalized spacial score (nSPS) is 12.4. The van der Waals surface area contributed by atoms with E-state index in [0.717, 1.165) is 13.0 Å². The van der Waals surface area contributed by atoms with Crippen LogP contribution in [-0.4, -0.2) is 26.7 Å². The molecule has 0 unspecified atom stereocenters. The van der Waals surface area contributed by atoms with Gasteiger partial charge in [-0.25, -0.2) is 0 Å². The molecule has 0 saturated heterocycles. The third-order valence-corrected chi connectivity index (χ3v) is 1.72. The highest BCUT2D eigenvalue weighted by atomic mass is 16.5. The fourth-order valence-corrected chi connectivity index (χ4v) is 0.868. The van der Waals surface area contributed by atoms with Crippen LogP contribution >= 0.6 is 0 Å². The average molecular weight is 169 g/mol. The molecule has 2 nitrogen and oxygen atoms in total. The first-order chi connectivity index (χ1) is 5.48. The van der Waals surface area contributed by atoms with Gasteiger partial charge in [0.25, 0.3) is 0 Å². The second kappa shape index (κ2) is 5.60. The zero-order valence-corrected chi connectivity index (χ0v) is 8.68. The largest absolute Gasteiger partial charge is 0.374 e. The van der Waals surface area contributed by atoms with E-state index < -0.39 is 0 Å². The van der Waals surface area contributed by atoms with E-state index in [4.69, 9.17) is 12.7 Å². The maximum Gasteiger partial charge on any atom is 0.177 e. The van der Waals surface area contributed by atoms with E-state index >= 15 is 0 Å². The maximum atomic E-state index is 5.64. The zero-order valence-electron chi connectivity index (χ0n) is 8.68.